The van der Waals surface area contributed by atoms with E-state index in [0.717, 1.165) is 19.5 Å². The van der Waals surface area contributed by atoms with E-state index in [1.165, 1.54) is 6.42 Å². The lowest BCUT2D eigenvalue weighted by molar-refractivity contribution is -0.152. The molecule has 0 aliphatic carbocycles. The fourth-order valence-corrected chi connectivity index (χ4v) is 3.25. The molecule has 4 nitrogen and oxygen atoms in total. The average molecular weight is 242 g/mol. The lowest BCUT2D eigenvalue weighted by Crippen LogP contribution is -2.54. The van der Waals surface area contributed by atoms with Crippen molar-refractivity contribution in [3.05, 3.63) is 0 Å². The van der Waals surface area contributed by atoms with Gasteiger partial charge < -0.3 is 14.9 Å². The van der Waals surface area contributed by atoms with Crippen LogP contribution in [0.15, 0.2) is 0 Å². The van der Waals surface area contributed by atoms with E-state index in [9.17, 15) is 9.90 Å². The molecule has 1 saturated heterocycles. The lowest BCUT2D eigenvalue weighted by Gasteiger charge is -2.44. The molecule has 4 heteroatoms. The van der Waals surface area contributed by atoms with Crippen LogP contribution in [0, 0.1) is 11.3 Å². The van der Waals surface area contributed by atoms with Crippen LogP contribution in [0.5, 0.6) is 0 Å². The second-order valence-corrected chi connectivity index (χ2v) is 6.10. The highest BCUT2D eigenvalue weighted by Gasteiger charge is 2.43. The Morgan fingerprint density at radius 1 is 1.47 bits per heavy atom. The number of carboxylic acid groups (broad SMARTS) is 1. The summed E-state index contributed by atoms with van der Waals surface area (Å²) >= 11 is 0. The normalized spacial score (nSPS) is 24.9. The third-order valence-electron chi connectivity index (χ3n) is 3.95. The van der Waals surface area contributed by atoms with Crippen molar-refractivity contribution in [1.82, 2.24) is 9.80 Å². The van der Waals surface area contributed by atoms with Gasteiger partial charge in [0, 0.05) is 12.6 Å². The number of hydrogen-bond acceptors (Lipinski definition) is 3. The van der Waals surface area contributed by atoms with Crippen LogP contribution in [-0.4, -0.2) is 61.2 Å². The highest BCUT2D eigenvalue weighted by atomic mass is 16.4. The van der Waals surface area contributed by atoms with E-state index in [-0.39, 0.29) is 6.04 Å². The number of likely N-dealkylation sites (tertiary alicyclic amines) is 1. The minimum atomic E-state index is -0.704. The Hall–Kier alpha value is -0.610. The van der Waals surface area contributed by atoms with Crippen molar-refractivity contribution in [2.24, 2.45) is 11.3 Å². The molecule has 17 heavy (non-hydrogen) atoms. The van der Waals surface area contributed by atoms with Gasteiger partial charge in [0.1, 0.15) is 0 Å². The van der Waals surface area contributed by atoms with Gasteiger partial charge in [0.25, 0.3) is 0 Å². The number of nitrogens with zero attached hydrogens (tertiary/aromatic N) is 2. The number of piperidine rings is 1. The average Bonchev–Trinajstić information content (AvgIpc) is 2.16. The van der Waals surface area contributed by atoms with Crippen molar-refractivity contribution in [2.45, 2.75) is 32.7 Å². The zero-order valence-electron chi connectivity index (χ0n) is 11.7. The molecule has 1 aliphatic rings. The first-order valence-corrected chi connectivity index (χ1v) is 6.35. The molecule has 0 aromatic rings. The predicted octanol–water partition coefficient (Wildman–Crippen LogP) is 1.37. The van der Waals surface area contributed by atoms with Crippen molar-refractivity contribution in [3.63, 3.8) is 0 Å². The van der Waals surface area contributed by atoms with E-state index >= 15 is 0 Å². The number of carbonyl (C=O) groups is 1. The fourth-order valence-electron chi connectivity index (χ4n) is 3.25. The van der Waals surface area contributed by atoms with Crippen molar-refractivity contribution in [2.75, 3.05) is 34.2 Å². The molecule has 0 amide bonds. The zero-order chi connectivity index (χ0) is 13.2. The SMILES string of the molecule is CN1CCCC(C(N(C)C)C(C)(C)C(=O)O)C1. The second-order valence-electron chi connectivity index (χ2n) is 6.10. The first-order chi connectivity index (χ1) is 7.76. The molecule has 0 aromatic heterocycles. The Morgan fingerprint density at radius 2 is 2.06 bits per heavy atom. The van der Waals surface area contributed by atoms with Crippen LogP contribution in [-0.2, 0) is 4.79 Å². The van der Waals surface area contributed by atoms with E-state index < -0.39 is 11.4 Å². The van der Waals surface area contributed by atoms with Crippen LogP contribution in [0.2, 0.25) is 0 Å². The number of hydrogen-bond donors (Lipinski definition) is 1. The van der Waals surface area contributed by atoms with Gasteiger partial charge in [-0.1, -0.05) is 0 Å². The zero-order valence-corrected chi connectivity index (χ0v) is 11.7. The third-order valence-corrected chi connectivity index (χ3v) is 3.95. The molecule has 1 N–H and O–H groups in total. The van der Waals surface area contributed by atoms with Crippen LogP contribution in [0.4, 0.5) is 0 Å². The minimum absolute atomic E-state index is 0.0859. The van der Waals surface area contributed by atoms with Crippen LogP contribution in [0.25, 0.3) is 0 Å². The van der Waals surface area contributed by atoms with E-state index in [0.29, 0.717) is 5.92 Å². The molecule has 1 fully saturated rings. The van der Waals surface area contributed by atoms with Gasteiger partial charge in [-0.2, -0.15) is 0 Å². The van der Waals surface area contributed by atoms with E-state index in [4.69, 9.17) is 0 Å². The summed E-state index contributed by atoms with van der Waals surface area (Å²) in [6.07, 6.45) is 2.30. The summed E-state index contributed by atoms with van der Waals surface area (Å²) < 4.78 is 0. The number of carboxylic acids is 1. The number of rotatable bonds is 4. The lowest BCUT2D eigenvalue weighted by atomic mass is 9.74. The fraction of sp³-hybridized carbons (Fsp3) is 0.923. The Morgan fingerprint density at radius 3 is 2.47 bits per heavy atom. The molecule has 1 aliphatic heterocycles. The van der Waals surface area contributed by atoms with Gasteiger partial charge in [0.15, 0.2) is 0 Å². The van der Waals surface area contributed by atoms with Gasteiger partial charge in [-0.3, -0.25) is 4.79 Å². The van der Waals surface area contributed by atoms with Gasteiger partial charge in [-0.05, 0) is 60.3 Å². The van der Waals surface area contributed by atoms with E-state index in [1.807, 2.05) is 27.9 Å². The number of aliphatic carboxylic acids is 1. The summed E-state index contributed by atoms with van der Waals surface area (Å²) in [5.41, 5.74) is -0.702. The Balaban J connectivity index is 2.89. The van der Waals surface area contributed by atoms with Gasteiger partial charge in [-0.15, -0.1) is 0 Å². The predicted molar refractivity (Wildman–Crippen MR) is 69.1 cm³/mol. The molecular formula is C13H26N2O2. The van der Waals surface area contributed by atoms with Crippen molar-refractivity contribution in [3.8, 4) is 0 Å². The summed E-state index contributed by atoms with van der Waals surface area (Å²) in [6.45, 7) is 5.81. The smallest absolute Gasteiger partial charge is 0.310 e. The van der Waals surface area contributed by atoms with Crippen molar-refractivity contribution < 1.29 is 9.90 Å². The van der Waals surface area contributed by atoms with Crippen LogP contribution >= 0.6 is 0 Å². The van der Waals surface area contributed by atoms with Gasteiger partial charge in [-0.25, -0.2) is 0 Å². The maximum atomic E-state index is 11.5. The summed E-state index contributed by atoms with van der Waals surface area (Å²) in [5.74, 6) is -0.265. The Bertz CT molecular complexity index is 277. The molecule has 0 aromatic carbocycles. The standard InChI is InChI=1S/C13H26N2O2/c1-13(2,12(16)17)11(14(3)4)10-7-6-8-15(5)9-10/h10-11H,6-9H2,1-5H3,(H,16,17). The quantitative estimate of drug-likeness (QED) is 0.808. The molecule has 0 radical (unpaired) electrons. The second kappa shape index (κ2) is 5.36. The van der Waals surface area contributed by atoms with Gasteiger partial charge >= 0.3 is 5.97 Å². The summed E-state index contributed by atoms with van der Waals surface area (Å²) in [6, 6.07) is 0.0859. The molecule has 1 heterocycles. The van der Waals surface area contributed by atoms with E-state index in [2.05, 4.69) is 16.8 Å². The van der Waals surface area contributed by atoms with Crippen LogP contribution in [0.3, 0.4) is 0 Å². The highest BCUT2D eigenvalue weighted by Crippen LogP contribution is 2.34. The van der Waals surface area contributed by atoms with E-state index in [1.54, 1.807) is 0 Å². The third kappa shape index (κ3) is 3.19. The summed E-state index contributed by atoms with van der Waals surface area (Å²) in [5, 5.41) is 9.42. The van der Waals surface area contributed by atoms with Crippen molar-refractivity contribution >= 4 is 5.97 Å². The van der Waals surface area contributed by atoms with Gasteiger partial charge in [0.2, 0.25) is 0 Å². The van der Waals surface area contributed by atoms with Crippen molar-refractivity contribution in [1.29, 1.82) is 0 Å². The molecule has 1 rings (SSSR count). The first kappa shape index (κ1) is 14.5. The molecular weight excluding hydrogens is 216 g/mol. The van der Waals surface area contributed by atoms with Crippen LogP contribution in [0.1, 0.15) is 26.7 Å². The highest BCUT2D eigenvalue weighted by molar-refractivity contribution is 5.74. The largest absolute Gasteiger partial charge is 0.481 e. The molecule has 0 saturated carbocycles. The minimum Gasteiger partial charge on any atom is -0.481 e. The molecule has 0 spiro atoms. The Labute approximate surface area is 105 Å². The topological polar surface area (TPSA) is 43.8 Å². The maximum Gasteiger partial charge on any atom is 0.310 e. The molecule has 0 bridgehead atoms. The molecule has 100 valence electrons. The monoisotopic (exact) mass is 242 g/mol. The van der Waals surface area contributed by atoms with Crippen LogP contribution < -0.4 is 0 Å². The summed E-state index contributed by atoms with van der Waals surface area (Å²) in [7, 11) is 6.10. The molecule has 2 unspecified atom stereocenters. The van der Waals surface area contributed by atoms with Gasteiger partial charge in [0.05, 0.1) is 5.41 Å². The maximum absolute atomic E-state index is 11.5. The summed E-state index contributed by atoms with van der Waals surface area (Å²) in [4.78, 5) is 15.8. The Kier molecular flexibility index (Phi) is 4.55. The molecule has 2 atom stereocenters. The first-order valence-electron chi connectivity index (χ1n) is 6.35.